The number of phenols is 1. The van der Waals surface area contributed by atoms with Gasteiger partial charge in [0, 0.05) is 11.5 Å². The van der Waals surface area contributed by atoms with Crippen LogP contribution in [-0.4, -0.2) is 84.4 Å². The number of ketones is 2. The zero-order valence-electron chi connectivity index (χ0n) is 18.0. The molecule has 0 spiro atoms. The standard InChI is InChI=1S/C22H24N2O9/c1-20(31)8-5-4-6-10(25)11(8)15(26)13-18(29)22(33)9(7-21(13,20)32)14(24(2)3)16(27)12(17(22)28)19(23)30/h4-6,9,14,25-26,28,31-33H,7H2,1-3H3,(H2,23,30)/t9-,14-,20+,21?,22+/m0/s1. The van der Waals surface area contributed by atoms with E-state index in [1.165, 1.54) is 37.2 Å². The van der Waals surface area contributed by atoms with Gasteiger partial charge in [-0.1, -0.05) is 12.1 Å². The maximum Gasteiger partial charge on any atom is 0.255 e. The predicted molar refractivity (Wildman–Crippen MR) is 112 cm³/mol. The SMILES string of the molecule is CN(C)[C@@H]1C(=O)C(C(N)=O)=C(O)[C@@]2(O)C(=O)C3=C(O)c4c(O)cccc4[C@@](C)(O)C3(O)C[C@@H]12. The molecule has 1 saturated carbocycles. The minimum absolute atomic E-state index is 0.0920. The van der Waals surface area contributed by atoms with Gasteiger partial charge < -0.3 is 36.4 Å². The lowest BCUT2D eigenvalue weighted by Gasteiger charge is -2.56. The molecule has 3 aliphatic rings. The molecule has 33 heavy (non-hydrogen) atoms. The molecule has 0 aromatic heterocycles. The van der Waals surface area contributed by atoms with Crippen molar-refractivity contribution in [2.45, 2.75) is 36.2 Å². The molecule has 3 aliphatic carbocycles. The molecule has 5 atom stereocenters. The normalized spacial score (nSPS) is 36.0. The van der Waals surface area contributed by atoms with Crippen LogP contribution in [0.1, 0.15) is 24.5 Å². The van der Waals surface area contributed by atoms with E-state index in [2.05, 4.69) is 0 Å². The summed E-state index contributed by atoms with van der Waals surface area (Å²) < 4.78 is 0. The Kier molecular flexibility index (Phi) is 4.61. The molecule has 4 rings (SSSR count). The van der Waals surface area contributed by atoms with Crippen LogP contribution in [0.25, 0.3) is 5.76 Å². The Morgan fingerprint density at radius 1 is 1.12 bits per heavy atom. The molecule has 1 fully saturated rings. The maximum atomic E-state index is 13.7. The minimum Gasteiger partial charge on any atom is -0.508 e. The highest BCUT2D eigenvalue weighted by Gasteiger charge is 2.71. The second-order valence-electron chi connectivity index (χ2n) is 9.12. The number of rotatable bonds is 2. The van der Waals surface area contributed by atoms with Crippen molar-refractivity contribution in [3.63, 3.8) is 0 Å². The van der Waals surface area contributed by atoms with E-state index < -0.39 is 81.1 Å². The predicted octanol–water partition coefficient (Wildman–Crippen LogP) is -1.26. The third kappa shape index (κ3) is 2.50. The van der Waals surface area contributed by atoms with E-state index in [0.29, 0.717) is 0 Å². The minimum atomic E-state index is -2.93. The Balaban J connectivity index is 2.11. The summed E-state index contributed by atoms with van der Waals surface area (Å²) in [4.78, 5) is 40.0. The van der Waals surface area contributed by atoms with Crippen LogP contribution in [-0.2, 0) is 20.0 Å². The van der Waals surface area contributed by atoms with Crippen molar-refractivity contribution in [3.05, 3.63) is 46.2 Å². The van der Waals surface area contributed by atoms with E-state index in [0.717, 1.165) is 6.92 Å². The van der Waals surface area contributed by atoms with Crippen LogP contribution in [0.3, 0.4) is 0 Å². The summed E-state index contributed by atoms with van der Waals surface area (Å²) in [5, 5.41) is 66.6. The maximum absolute atomic E-state index is 13.7. The number of fused-ring (bicyclic) bond motifs is 3. The highest BCUT2D eigenvalue weighted by atomic mass is 16.4. The third-order valence-electron chi connectivity index (χ3n) is 7.18. The van der Waals surface area contributed by atoms with Gasteiger partial charge in [0.05, 0.1) is 17.2 Å². The first-order chi connectivity index (χ1) is 15.1. The summed E-state index contributed by atoms with van der Waals surface area (Å²) in [7, 11) is 2.85. The summed E-state index contributed by atoms with van der Waals surface area (Å²) in [5.41, 5.74) is -4.78. The van der Waals surface area contributed by atoms with Crippen LogP contribution in [0, 0.1) is 5.92 Å². The van der Waals surface area contributed by atoms with Crippen LogP contribution in [0.5, 0.6) is 5.75 Å². The second kappa shape index (κ2) is 6.64. The van der Waals surface area contributed by atoms with Crippen LogP contribution >= 0.6 is 0 Å². The highest BCUT2D eigenvalue weighted by molar-refractivity contribution is 6.24. The molecular weight excluding hydrogens is 436 g/mol. The fourth-order valence-electron chi connectivity index (χ4n) is 5.50. The van der Waals surface area contributed by atoms with Gasteiger partial charge in [-0.25, -0.2) is 0 Å². The molecule has 11 heteroatoms. The summed E-state index contributed by atoms with van der Waals surface area (Å²) in [6.07, 6.45) is -0.679. The molecule has 1 amide bonds. The summed E-state index contributed by atoms with van der Waals surface area (Å²) >= 11 is 0. The number of primary amides is 1. The second-order valence-corrected chi connectivity index (χ2v) is 9.12. The Hall–Kier alpha value is -3.25. The van der Waals surface area contributed by atoms with E-state index >= 15 is 0 Å². The van der Waals surface area contributed by atoms with Crippen molar-refractivity contribution in [2.24, 2.45) is 11.7 Å². The number of hydrogen-bond donors (Lipinski definition) is 7. The number of nitrogens with two attached hydrogens (primary N) is 1. The molecular formula is C22H24N2O9. The van der Waals surface area contributed by atoms with Gasteiger partial charge in [0.1, 0.15) is 34.0 Å². The first-order valence-corrected chi connectivity index (χ1v) is 10.1. The average molecular weight is 460 g/mol. The third-order valence-corrected chi connectivity index (χ3v) is 7.18. The molecule has 1 aromatic rings. The van der Waals surface area contributed by atoms with Crippen molar-refractivity contribution in [1.82, 2.24) is 4.90 Å². The number of amides is 1. The monoisotopic (exact) mass is 460 g/mol. The van der Waals surface area contributed by atoms with Crippen LogP contribution in [0.4, 0.5) is 0 Å². The number of Topliss-reactive ketones (excluding diaryl/α,β-unsaturated/α-hetero) is 2. The van der Waals surface area contributed by atoms with Crippen LogP contribution in [0.2, 0.25) is 0 Å². The summed E-state index contributed by atoms with van der Waals surface area (Å²) in [6, 6.07) is 2.49. The number of carbonyl (C=O) groups excluding carboxylic acids is 3. The number of carbonyl (C=O) groups is 3. The van der Waals surface area contributed by atoms with Crippen molar-refractivity contribution in [3.8, 4) is 5.75 Å². The van der Waals surface area contributed by atoms with Gasteiger partial charge in [-0.15, -0.1) is 0 Å². The molecule has 0 saturated heterocycles. The largest absolute Gasteiger partial charge is 0.508 e. The van der Waals surface area contributed by atoms with Crippen molar-refractivity contribution < 1.29 is 45.0 Å². The zero-order chi connectivity index (χ0) is 24.8. The Labute approximate surface area is 187 Å². The smallest absolute Gasteiger partial charge is 0.255 e. The molecule has 0 heterocycles. The molecule has 1 unspecified atom stereocenters. The Morgan fingerprint density at radius 3 is 2.27 bits per heavy atom. The van der Waals surface area contributed by atoms with Gasteiger partial charge in [0.15, 0.2) is 11.4 Å². The van der Waals surface area contributed by atoms with E-state index in [1.54, 1.807) is 0 Å². The number of phenolic OH excluding ortho intramolecular Hbond substituents is 1. The lowest BCUT2D eigenvalue weighted by Crippen LogP contribution is -2.71. The molecule has 176 valence electrons. The van der Waals surface area contributed by atoms with Gasteiger partial charge in [-0.3, -0.25) is 19.3 Å². The van der Waals surface area contributed by atoms with Gasteiger partial charge in [-0.05, 0) is 33.5 Å². The zero-order valence-corrected chi connectivity index (χ0v) is 18.0. The Morgan fingerprint density at radius 2 is 1.73 bits per heavy atom. The fraction of sp³-hybridized carbons (Fsp3) is 0.409. The van der Waals surface area contributed by atoms with Gasteiger partial charge in [0.25, 0.3) is 5.91 Å². The average Bonchev–Trinajstić information content (AvgIpc) is 2.69. The molecule has 0 bridgehead atoms. The van der Waals surface area contributed by atoms with Crippen LogP contribution < -0.4 is 5.73 Å². The van der Waals surface area contributed by atoms with Crippen molar-refractivity contribution >= 4 is 23.2 Å². The van der Waals surface area contributed by atoms with Gasteiger partial charge >= 0.3 is 0 Å². The van der Waals surface area contributed by atoms with Crippen molar-refractivity contribution in [1.29, 1.82) is 0 Å². The van der Waals surface area contributed by atoms with E-state index in [1.807, 2.05) is 0 Å². The van der Waals surface area contributed by atoms with E-state index in [-0.39, 0.29) is 11.1 Å². The summed E-state index contributed by atoms with van der Waals surface area (Å²) in [6.45, 7) is 1.16. The quantitative estimate of drug-likeness (QED) is 0.261. The summed E-state index contributed by atoms with van der Waals surface area (Å²) in [5.74, 6) is -8.04. The highest BCUT2D eigenvalue weighted by Crippen LogP contribution is 2.59. The van der Waals surface area contributed by atoms with Gasteiger partial charge in [-0.2, -0.15) is 0 Å². The topological polar surface area (TPSA) is 202 Å². The van der Waals surface area contributed by atoms with Gasteiger partial charge in [0.2, 0.25) is 5.78 Å². The number of likely N-dealkylation sites (N-methyl/N-ethyl adjacent to an activating group) is 1. The molecule has 0 radical (unpaired) electrons. The number of hydrogen-bond acceptors (Lipinski definition) is 10. The number of nitrogens with zero attached hydrogens (tertiary/aromatic N) is 1. The number of aliphatic hydroxyl groups excluding tert-OH is 2. The molecule has 1 aromatic carbocycles. The molecule has 0 aliphatic heterocycles. The molecule has 8 N–H and O–H groups in total. The van der Waals surface area contributed by atoms with Crippen LogP contribution in [0.15, 0.2) is 35.1 Å². The molecule has 11 nitrogen and oxygen atoms in total. The lowest BCUT2D eigenvalue weighted by atomic mass is 9.52. The Bertz CT molecular complexity index is 1200. The first kappa shape index (κ1) is 22.9. The fourth-order valence-corrected chi connectivity index (χ4v) is 5.50. The first-order valence-electron chi connectivity index (χ1n) is 10.1. The number of aliphatic hydroxyl groups is 5. The number of aromatic hydroxyl groups is 1. The number of benzene rings is 1. The van der Waals surface area contributed by atoms with Crippen molar-refractivity contribution in [2.75, 3.05) is 14.1 Å². The van der Waals surface area contributed by atoms with E-state index in [4.69, 9.17) is 5.73 Å². The van der Waals surface area contributed by atoms with E-state index in [9.17, 15) is 45.0 Å². The lowest BCUT2D eigenvalue weighted by molar-refractivity contribution is -0.190.